The van der Waals surface area contributed by atoms with Crippen LogP contribution in [0.4, 0.5) is 5.69 Å². The summed E-state index contributed by atoms with van der Waals surface area (Å²) >= 11 is 1.68. The number of hydrogen-bond acceptors (Lipinski definition) is 4. The smallest absolute Gasteiger partial charge is 0.127 e. The molecule has 2 aromatic heterocycles. The normalized spacial score (nSPS) is 13.5. The Hall–Kier alpha value is -1.49. The van der Waals surface area contributed by atoms with Gasteiger partial charge in [-0.3, -0.25) is 4.68 Å². The molecule has 2 aromatic rings. The van der Waals surface area contributed by atoms with E-state index in [1.807, 2.05) is 18.7 Å². The van der Waals surface area contributed by atoms with Crippen molar-refractivity contribution in [1.29, 1.82) is 0 Å². The van der Waals surface area contributed by atoms with E-state index in [2.05, 4.69) is 41.3 Å². The molecule has 0 saturated carbocycles. The second-order valence-corrected chi connectivity index (χ2v) is 5.87. The molecule has 0 N–H and O–H groups in total. The minimum atomic E-state index is 1.05. The molecule has 3 rings (SSSR count). The van der Waals surface area contributed by atoms with Crippen molar-refractivity contribution in [3.05, 3.63) is 23.0 Å². The van der Waals surface area contributed by atoms with Crippen LogP contribution in [0.5, 0.6) is 0 Å². The fourth-order valence-electron chi connectivity index (χ4n) is 2.47. The average molecular weight is 260 g/mol. The lowest BCUT2D eigenvalue weighted by Gasteiger charge is -2.25. The van der Waals surface area contributed by atoms with Crippen molar-refractivity contribution < 1.29 is 0 Å². The van der Waals surface area contributed by atoms with Crippen LogP contribution in [-0.2, 0) is 7.05 Å². The van der Waals surface area contributed by atoms with Crippen LogP contribution in [0, 0.1) is 20.8 Å². The van der Waals surface area contributed by atoms with Crippen LogP contribution in [0.3, 0.4) is 0 Å². The van der Waals surface area contributed by atoms with E-state index in [4.69, 9.17) is 0 Å². The molecule has 5 heteroatoms. The maximum Gasteiger partial charge on any atom is 0.127 e. The molecule has 3 heterocycles. The summed E-state index contributed by atoms with van der Waals surface area (Å²) in [6.07, 6.45) is 0. The molecule has 0 amide bonds. The van der Waals surface area contributed by atoms with Crippen molar-refractivity contribution in [2.24, 2.45) is 7.05 Å². The van der Waals surface area contributed by atoms with E-state index in [-0.39, 0.29) is 0 Å². The van der Waals surface area contributed by atoms with Gasteiger partial charge < -0.3 is 4.31 Å². The van der Waals surface area contributed by atoms with Gasteiger partial charge in [-0.2, -0.15) is 5.10 Å². The highest BCUT2D eigenvalue weighted by molar-refractivity contribution is 8.00. The van der Waals surface area contributed by atoms with E-state index < -0.39 is 0 Å². The molecule has 18 heavy (non-hydrogen) atoms. The summed E-state index contributed by atoms with van der Waals surface area (Å²) in [6.45, 7) is 6.27. The Kier molecular flexibility index (Phi) is 2.41. The summed E-state index contributed by atoms with van der Waals surface area (Å²) in [5, 5.41) is 5.71. The van der Waals surface area contributed by atoms with Gasteiger partial charge in [0.05, 0.1) is 11.4 Å². The van der Waals surface area contributed by atoms with Crippen molar-refractivity contribution in [1.82, 2.24) is 14.8 Å². The van der Waals surface area contributed by atoms with Gasteiger partial charge in [0, 0.05) is 37.3 Å². The van der Waals surface area contributed by atoms with Gasteiger partial charge >= 0.3 is 0 Å². The molecule has 0 fully saturated rings. The second-order valence-electron chi connectivity index (χ2n) is 4.76. The summed E-state index contributed by atoms with van der Waals surface area (Å²) in [5.41, 5.74) is 6.92. The van der Waals surface area contributed by atoms with Gasteiger partial charge in [-0.25, -0.2) is 4.98 Å². The van der Waals surface area contributed by atoms with Crippen LogP contribution in [0.2, 0.25) is 0 Å². The van der Waals surface area contributed by atoms with Crippen molar-refractivity contribution in [2.45, 2.75) is 25.8 Å². The molecule has 0 aromatic carbocycles. The standard InChI is InChI=1S/C13H16N4S/c1-7-6-8(2)14-13-10(7)11-12(17(5)18-13)9(3)16(4)15-11/h6H,1-5H3. The topological polar surface area (TPSA) is 34.0 Å². The maximum atomic E-state index is 4.65. The summed E-state index contributed by atoms with van der Waals surface area (Å²) in [7, 11) is 4.06. The molecule has 0 unspecified atom stereocenters. The van der Waals surface area contributed by atoms with Crippen LogP contribution < -0.4 is 4.31 Å². The highest BCUT2D eigenvalue weighted by Gasteiger charge is 2.29. The first kappa shape index (κ1) is 11.6. The van der Waals surface area contributed by atoms with E-state index in [9.17, 15) is 0 Å². The van der Waals surface area contributed by atoms with Gasteiger partial charge in [-0.15, -0.1) is 0 Å². The summed E-state index contributed by atoms with van der Waals surface area (Å²) in [6, 6.07) is 2.12. The number of hydrogen-bond donors (Lipinski definition) is 0. The minimum Gasteiger partial charge on any atom is -0.310 e. The lowest BCUT2D eigenvalue weighted by atomic mass is 10.1. The van der Waals surface area contributed by atoms with Crippen molar-refractivity contribution in [3.8, 4) is 11.3 Å². The molecule has 4 nitrogen and oxygen atoms in total. The first-order chi connectivity index (χ1) is 8.49. The number of nitrogens with zero attached hydrogens (tertiary/aromatic N) is 4. The molecular weight excluding hydrogens is 244 g/mol. The van der Waals surface area contributed by atoms with Gasteiger partial charge in [0.25, 0.3) is 0 Å². The van der Waals surface area contributed by atoms with Crippen molar-refractivity contribution in [3.63, 3.8) is 0 Å². The highest BCUT2D eigenvalue weighted by atomic mass is 32.2. The fraction of sp³-hybridized carbons (Fsp3) is 0.385. The number of rotatable bonds is 0. The highest BCUT2D eigenvalue weighted by Crippen LogP contribution is 2.46. The minimum absolute atomic E-state index is 1.05. The quantitative estimate of drug-likeness (QED) is 0.682. The Morgan fingerprint density at radius 1 is 1.17 bits per heavy atom. The molecule has 0 aliphatic carbocycles. The summed E-state index contributed by atoms with van der Waals surface area (Å²) in [4.78, 5) is 4.63. The number of pyridine rings is 1. The van der Waals surface area contributed by atoms with Gasteiger partial charge in [-0.05, 0) is 32.4 Å². The molecule has 94 valence electrons. The monoisotopic (exact) mass is 260 g/mol. The Bertz CT molecular complexity index is 645. The number of fused-ring (bicyclic) bond motifs is 3. The van der Waals surface area contributed by atoms with E-state index in [0.29, 0.717) is 0 Å². The van der Waals surface area contributed by atoms with E-state index in [1.165, 1.54) is 22.5 Å². The zero-order valence-electron chi connectivity index (χ0n) is 11.3. The van der Waals surface area contributed by atoms with Gasteiger partial charge in [0.1, 0.15) is 10.7 Å². The van der Waals surface area contributed by atoms with E-state index in [0.717, 1.165) is 16.4 Å². The number of aromatic nitrogens is 3. The third-order valence-electron chi connectivity index (χ3n) is 3.39. The fourth-order valence-corrected chi connectivity index (χ4v) is 3.58. The summed E-state index contributed by atoms with van der Waals surface area (Å²) < 4.78 is 4.10. The SMILES string of the molecule is Cc1cc(C)c2c(n1)SN(C)c1c-2nn(C)c1C. The van der Waals surface area contributed by atoms with Crippen LogP contribution in [0.25, 0.3) is 11.3 Å². The molecule has 1 aliphatic rings. The van der Waals surface area contributed by atoms with Crippen molar-refractivity contribution >= 4 is 17.6 Å². The van der Waals surface area contributed by atoms with Gasteiger partial charge in [-0.1, -0.05) is 0 Å². The first-order valence-electron chi connectivity index (χ1n) is 5.93. The lowest BCUT2D eigenvalue weighted by Crippen LogP contribution is -2.14. The predicted molar refractivity (Wildman–Crippen MR) is 74.9 cm³/mol. The molecule has 0 bridgehead atoms. The molecule has 1 aliphatic heterocycles. The molecule has 0 radical (unpaired) electrons. The van der Waals surface area contributed by atoms with Crippen molar-refractivity contribution in [2.75, 3.05) is 11.4 Å². The Morgan fingerprint density at radius 2 is 1.89 bits per heavy atom. The second kappa shape index (κ2) is 3.75. The summed E-state index contributed by atoms with van der Waals surface area (Å²) in [5.74, 6) is 0. The third-order valence-corrected chi connectivity index (χ3v) is 4.31. The zero-order valence-corrected chi connectivity index (χ0v) is 12.1. The van der Waals surface area contributed by atoms with Gasteiger partial charge in [0.15, 0.2) is 0 Å². The Morgan fingerprint density at radius 3 is 2.61 bits per heavy atom. The lowest BCUT2D eigenvalue weighted by molar-refractivity contribution is 0.742. The predicted octanol–water partition coefficient (Wildman–Crippen LogP) is 2.86. The van der Waals surface area contributed by atoms with Crippen LogP contribution >= 0.6 is 11.9 Å². The Labute approximate surface area is 111 Å². The largest absolute Gasteiger partial charge is 0.310 e. The molecule has 0 spiro atoms. The third kappa shape index (κ3) is 1.47. The van der Waals surface area contributed by atoms with Crippen LogP contribution in [0.1, 0.15) is 17.0 Å². The van der Waals surface area contributed by atoms with Crippen LogP contribution in [0.15, 0.2) is 11.1 Å². The number of anilines is 1. The maximum absolute atomic E-state index is 4.65. The van der Waals surface area contributed by atoms with Gasteiger partial charge in [0.2, 0.25) is 0 Å². The van der Waals surface area contributed by atoms with E-state index >= 15 is 0 Å². The molecular formula is C13H16N4S. The average Bonchev–Trinajstić information content (AvgIpc) is 2.54. The number of aryl methyl sites for hydroxylation is 3. The Balaban J connectivity index is 2.36. The molecule has 0 atom stereocenters. The van der Waals surface area contributed by atoms with Crippen LogP contribution in [-0.4, -0.2) is 21.8 Å². The van der Waals surface area contributed by atoms with E-state index in [1.54, 1.807) is 11.9 Å². The zero-order chi connectivity index (χ0) is 13.0. The first-order valence-corrected chi connectivity index (χ1v) is 6.70. The molecule has 0 saturated heterocycles.